The molecule has 3 heterocycles. The van der Waals surface area contributed by atoms with Gasteiger partial charge in [-0.1, -0.05) is 0 Å². The lowest BCUT2D eigenvalue weighted by Crippen LogP contribution is -2.19. The van der Waals surface area contributed by atoms with E-state index in [1.54, 1.807) is 6.20 Å². The summed E-state index contributed by atoms with van der Waals surface area (Å²) in [6.45, 7) is 4.58. The summed E-state index contributed by atoms with van der Waals surface area (Å²) in [5.41, 5.74) is 0. The van der Waals surface area contributed by atoms with Crippen LogP contribution in [0.3, 0.4) is 0 Å². The zero-order chi connectivity index (χ0) is 14.5. The zero-order valence-electron chi connectivity index (χ0n) is 12.8. The molecule has 22 heavy (non-hydrogen) atoms. The highest BCUT2D eigenvalue weighted by atomic mass is 35.5. The van der Waals surface area contributed by atoms with Gasteiger partial charge in [0, 0.05) is 31.6 Å². The number of carbonyl (C=O) groups is 1. The Hall–Kier alpha value is -1.11. The van der Waals surface area contributed by atoms with E-state index in [9.17, 15) is 4.79 Å². The average Bonchev–Trinajstić information content (AvgIpc) is 3.20. The fourth-order valence-corrected chi connectivity index (χ4v) is 3.06. The molecule has 6 nitrogen and oxygen atoms in total. The number of hydrogen-bond donors (Lipinski definition) is 2. The molecule has 7 heteroatoms. The largest absolute Gasteiger partial charge is 0.381 e. The number of carbonyl (C=O) groups excluding carboxylic acids is 1. The lowest BCUT2D eigenvalue weighted by atomic mass is 10.0. The normalized spacial score (nSPS) is 24.2. The molecule has 1 amide bonds. The van der Waals surface area contributed by atoms with Crippen LogP contribution in [0.1, 0.15) is 25.7 Å². The van der Waals surface area contributed by atoms with E-state index in [0.717, 1.165) is 51.5 Å². The molecular formula is C15H25ClN4O2. The average molecular weight is 329 g/mol. The van der Waals surface area contributed by atoms with E-state index in [-0.39, 0.29) is 18.3 Å². The number of nitrogens with one attached hydrogen (secondary N) is 2. The summed E-state index contributed by atoms with van der Waals surface area (Å²) < 4.78 is 7.27. The van der Waals surface area contributed by atoms with Crippen LogP contribution < -0.4 is 10.6 Å². The first-order valence-electron chi connectivity index (χ1n) is 7.91. The maximum absolute atomic E-state index is 12.1. The molecule has 3 rings (SSSR count). The minimum absolute atomic E-state index is 0. The van der Waals surface area contributed by atoms with Crippen molar-refractivity contribution in [3.05, 3.63) is 12.3 Å². The Kier molecular flexibility index (Phi) is 6.67. The number of aromatic nitrogens is 2. The molecule has 0 radical (unpaired) electrons. The molecule has 0 saturated carbocycles. The quantitative estimate of drug-likeness (QED) is 0.833. The van der Waals surface area contributed by atoms with E-state index in [1.165, 1.54) is 6.42 Å². The van der Waals surface area contributed by atoms with Crippen molar-refractivity contribution in [2.45, 2.75) is 32.2 Å². The first-order valence-corrected chi connectivity index (χ1v) is 7.91. The zero-order valence-corrected chi connectivity index (χ0v) is 13.6. The number of ether oxygens (including phenoxy) is 1. The summed E-state index contributed by atoms with van der Waals surface area (Å²) in [5.74, 6) is 2.05. The first kappa shape index (κ1) is 17.2. The number of rotatable bonds is 6. The Morgan fingerprint density at radius 2 is 2.36 bits per heavy atom. The number of halogens is 1. The molecular weight excluding hydrogens is 304 g/mol. The van der Waals surface area contributed by atoms with Crippen molar-refractivity contribution in [2.75, 3.05) is 31.6 Å². The predicted molar refractivity (Wildman–Crippen MR) is 87.2 cm³/mol. The van der Waals surface area contributed by atoms with Gasteiger partial charge in [-0.05, 0) is 38.3 Å². The van der Waals surface area contributed by atoms with Gasteiger partial charge in [-0.25, -0.2) is 4.68 Å². The minimum atomic E-state index is 0. The van der Waals surface area contributed by atoms with Crippen LogP contribution in [0.5, 0.6) is 0 Å². The molecule has 1 aromatic heterocycles. The van der Waals surface area contributed by atoms with E-state index < -0.39 is 0 Å². The van der Waals surface area contributed by atoms with E-state index in [2.05, 4.69) is 15.7 Å². The van der Waals surface area contributed by atoms with Crippen LogP contribution in [0.15, 0.2) is 12.3 Å². The maximum Gasteiger partial charge on any atom is 0.225 e. The minimum Gasteiger partial charge on any atom is -0.381 e. The molecule has 0 bridgehead atoms. The molecule has 124 valence electrons. The molecule has 2 aliphatic heterocycles. The molecule has 0 aromatic carbocycles. The standard InChI is InChI=1S/C15H24N4O2.ClH/c20-15(2-1-12-3-6-16-9-12)18-14-4-7-17-19(14)10-13-5-8-21-11-13;/h4,7,12-13,16H,1-3,5-6,8-11H2,(H,18,20);1H. The Labute approximate surface area is 137 Å². The van der Waals surface area contributed by atoms with Gasteiger partial charge < -0.3 is 15.4 Å². The molecule has 1 aromatic rings. The number of nitrogens with zero attached hydrogens (tertiary/aromatic N) is 2. The molecule has 2 unspecified atom stereocenters. The van der Waals surface area contributed by atoms with Gasteiger partial charge in [0.05, 0.1) is 12.8 Å². The van der Waals surface area contributed by atoms with Gasteiger partial charge in [-0.2, -0.15) is 5.10 Å². The number of hydrogen-bond acceptors (Lipinski definition) is 4. The third-order valence-corrected chi connectivity index (χ3v) is 4.38. The Morgan fingerprint density at radius 1 is 1.45 bits per heavy atom. The Balaban J connectivity index is 0.00000176. The summed E-state index contributed by atoms with van der Waals surface area (Å²) in [7, 11) is 0. The third-order valence-electron chi connectivity index (χ3n) is 4.38. The van der Waals surface area contributed by atoms with Crippen LogP contribution >= 0.6 is 12.4 Å². The van der Waals surface area contributed by atoms with Crippen LogP contribution in [0, 0.1) is 11.8 Å². The maximum atomic E-state index is 12.1. The van der Waals surface area contributed by atoms with Gasteiger partial charge in [0.1, 0.15) is 5.82 Å². The summed E-state index contributed by atoms with van der Waals surface area (Å²) in [6.07, 6.45) is 5.55. The lowest BCUT2D eigenvalue weighted by molar-refractivity contribution is -0.116. The van der Waals surface area contributed by atoms with Crippen molar-refractivity contribution in [2.24, 2.45) is 11.8 Å². The lowest BCUT2D eigenvalue weighted by Gasteiger charge is -2.13. The smallest absolute Gasteiger partial charge is 0.225 e. The monoisotopic (exact) mass is 328 g/mol. The van der Waals surface area contributed by atoms with Crippen LogP contribution in [-0.4, -0.2) is 42.0 Å². The van der Waals surface area contributed by atoms with Crippen molar-refractivity contribution in [1.82, 2.24) is 15.1 Å². The fourth-order valence-electron chi connectivity index (χ4n) is 3.06. The summed E-state index contributed by atoms with van der Waals surface area (Å²) in [6, 6.07) is 1.87. The van der Waals surface area contributed by atoms with Gasteiger partial charge in [0.15, 0.2) is 0 Å². The van der Waals surface area contributed by atoms with E-state index >= 15 is 0 Å². The highest BCUT2D eigenvalue weighted by Crippen LogP contribution is 2.18. The second-order valence-electron chi connectivity index (χ2n) is 6.07. The van der Waals surface area contributed by atoms with Crippen molar-refractivity contribution in [1.29, 1.82) is 0 Å². The highest BCUT2D eigenvalue weighted by Gasteiger charge is 2.19. The van der Waals surface area contributed by atoms with Gasteiger partial charge >= 0.3 is 0 Å². The van der Waals surface area contributed by atoms with Crippen LogP contribution in [-0.2, 0) is 16.1 Å². The van der Waals surface area contributed by atoms with Crippen LogP contribution in [0.4, 0.5) is 5.82 Å². The van der Waals surface area contributed by atoms with Gasteiger partial charge in [0.25, 0.3) is 0 Å². The summed E-state index contributed by atoms with van der Waals surface area (Å²) in [4.78, 5) is 12.1. The SMILES string of the molecule is Cl.O=C(CCC1CCNC1)Nc1ccnn1CC1CCOC1. The predicted octanol–water partition coefficient (Wildman–Crippen LogP) is 1.67. The Bertz CT molecular complexity index is 468. The van der Waals surface area contributed by atoms with Crippen LogP contribution in [0.25, 0.3) is 0 Å². The first-order chi connectivity index (χ1) is 10.3. The van der Waals surface area contributed by atoms with E-state index in [4.69, 9.17) is 4.74 Å². The third kappa shape index (κ3) is 4.69. The Morgan fingerprint density at radius 3 is 3.09 bits per heavy atom. The highest BCUT2D eigenvalue weighted by molar-refractivity contribution is 5.89. The van der Waals surface area contributed by atoms with Gasteiger partial charge in [-0.15, -0.1) is 12.4 Å². The second-order valence-corrected chi connectivity index (χ2v) is 6.07. The van der Waals surface area contributed by atoms with Crippen molar-refractivity contribution in [3.63, 3.8) is 0 Å². The topological polar surface area (TPSA) is 68.2 Å². The molecule has 2 N–H and O–H groups in total. The molecule has 0 spiro atoms. The molecule has 2 atom stereocenters. The number of amides is 1. The van der Waals surface area contributed by atoms with Gasteiger partial charge in [0.2, 0.25) is 5.91 Å². The van der Waals surface area contributed by atoms with Crippen molar-refractivity contribution in [3.8, 4) is 0 Å². The van der Waals surface area contributed by atoms with Crippen molar-refractivity contribution >= 4 is 24.1 Å². The van der Waals surface area contributed by atoms with Crippen molar-refractivity contribution < 1.29 is 9.53 Å². The summed E-state index contributed by atoms with van der Waals surface area (Å²) >= 11 is 0. The molecule has 2 aliphatic rings. The second kappa shape index (κ2) is 8.50. The summed E-state index contributed by atoms with van der Waals surface area (Å²) in [5, 5.41) is 10.6. The van der Waals surface area contributed by atoms with E-state index in [0.29, 0.717) is 18.3 Å². The molecule has 0 aliphatic carbocycles. The van der Waals surface area contributed by atoms with Gasteiger partial charge in [-0.3, -0.25) is 4.79 Å². The van der Waals surface area contributed by atoms with Crippen LogP contribution in [0.2, 0.25) is 0 Å². The molecule has 2 saturated heterocycles. The fraction of sp³-hybridized carbons (Fsp3) is 0.733. The molecule has 2 fully saturated rings. The van der Waals surface area contributed by atoms with E-state index in [1.807, 2.05) is 10.7 Å². The number of anilines is 1.